The summed E-state index contributed by atoms with van der Waals surface area (Å²) in [6.07, 6.45) is 8.59. The van der Waals surface area contributed by atoms with E-state index in [-0.39, 0.29) is 48.4 Å². The van der Waals surface area contributed by atoms with E-state index in [1.165, 1.54) is 16.0 Å². The van der Waals surface area contributed by atoms with Crippen LogP contribution in [0.5, 0.6) is 0 Å². The van der Waals surface area contributed by atoms with E-state index in [0.29, 0.717) is 62.2 Å². The van der Waals surface area contributed by atoms with Crippen LogP contribution in [-0.4, -0.2) is 99.5 Å². The largest absolute Gasteiger partial charge is 0.465 e. The van der Waals surface area contributed by atoms with Crippen molar-refractivity contribution < 1.29 is 33.3 Å². The number of hydrogen-bond acceptors (Lipinski definition) is 9. The molecule has 53 heavy (non-hydrogen) atoms. The molecule has 2 N–H and O–H groups in total. The summed E-state index contributed by atoms with van der Waals surface area (Å²) < 4.78 is 21.9. The molecule has 2 aromatic heterocycles. The lowest BCUT2D eigenvalue weighted by Gasteiger charge is -2.42. The van der Waals surface area contributed by atoms with Gasteiger partial charge in [0.2, 0.25) is 25.2 Å². The molecule has 5 atom stereocenters. The van der Waals surface area contributed by atoms with Gasteiger partial charge in [-0.25, -0.2) is 5.09 Å². The monoisotopic (exact) mass is 762 g/mol. The Hall–Kier alpha value is -4.13. The van der Waals surface area contributed by atoms with E-state index in [1.54, 1.807) is 24.1 Å². The highest BCUT2D eigenvalue weighted by molar-refractivity contribution is 7.59. The number of nitrogens with zero attached hydrogens (tertiary/aromatic N) is 4. The van der Waals surface area contributed by atoms with Crippen LogP contribution >= 0.6 is 18.8 Å². The van der Waals surface area contributed by atoms with Gasteiger partial charge in [-0.2, -0.15) is 0 Å². The summed E-state index contributed by atoms with van der Waals surface area (Å²) in [5.74, 6) is -1.07. The minimum Gasteiger partial charge on any atom is -0.465 e. The van der Waals surface area contributed by atoms with Crippen LogP contribution in [-0.2, 0) is 34.6 Å². The first-order valence-corrected chi connectivity index (χ1v) is 21.4. The average Bonchev–Trinajstić information content (AvgIpc) is 3.86. The van der Waals surface area contributed by atoms with Gasteiger partial charge in [0.15, 0.2) is 0 Å². The van der Waals surface area contributed by atoms with E-state index < -0.39 is 31.5 Å². The highest BCUT2D eigenvalue weighted by Gasteiger charge is 2.47. The van der Waals surface area contributed by atoms with Crippen molar-refractivity contribution >= 4 is 58.5 Å². The second-order valence-electron chi connectivity index (χ2n) is 14.7. The van der Waals surface area contributed by atoms with Crippen LogP contribution in [0.15, 0.2) is 48.8 Å². The van der Waals surface area contributed by atoms with Gasteiger partial charge in [-0.1, -0.05) is 19.1 Å². The Labute approximate surface area is 313 Å². The number of thiophene rings is 1. The molecule has 6 heterocycles. The number of amides is 4. The van der Waals surface area contributed by atoms with Gasteiger partial charge < -0.3 is 19.9 Å². The molecule has 3 aromatic rings. The number of carbonyl (C=O) groups is 5. The van der Waals surface area contributed by atoms with Crippen LogP contribution in [0.2, 0.25) is 0 Å². The van der Waals surface area contributed by atoms with Gasteiger partial charge >= 0.3 is 5.97 Å². The molecule has 4 amide bonds. The van der Waals surface area contributed by atoms with E-state index in [9.17, 15) is 28.5 Å². The number of pyridine rings is 1. The average molecular weight is 763 g/mol. The summed E-state index contributed by atoms with van der Waals surface area (Å²) >= 11 is 1.30. The van der Waals surface area contributed by atoms with Gasteiger partial charge in [0.1, 0.15) is 18.1 Å². The normalized spacial score (nSPS) is 23.7. The van der Waals surface area contributed by atoms with E-state index >= 15 is 0 Å². The molecule has 1 unspecified atom stereocenters. The van der Waals surface area contributed by atoms with Crippen molar-refractivity contribution in [3.63, 3.8) is 0 Å². The summed E-state index contributed by atoms with van der Waals surface area (Å²) in [6.45, 7) is 5.29. The quantitative estimate of drug-likeness (QED) is 0.195. The van der Waals surface area contributed by atoms with Crippen molar-refractivity contribution in [3.05, 3.63) is 64.8 Å². The third kappa shape index (κ3) is 7.77. The van der Waals surface area contributed by atoms with Gasteiger partial charge in [-0.3, -0.25) is 38.2 Å². The lowest BCUT2D eigenvalue weighted by atomic mass is 9.92. The number of ether oxygens (including phenoxy) is 1. The maximum absolute atomic E-state index is 14.5. The summed E-state index contributed by atoms with van der Waals surface area (Å²) in [7, 11) is -3.57. The van der Waals surface area contributed by atoms with Gasteiger partial charge in [0, 0.05) is 55.1 Å². The number of hydrogen-bond donors (Lipinski definition) is 2. The number of rotatable bonds is 12. The SMILES string of the molecule is CCCOC(=O)[C@H](C)NP(=O)(Cc1ccc2sc(C(=O)N[C@H]3CCC[C@H]4CC[C@@H](C(=O)N5CC(c6cccnc6)C5)N4C3=O)cc2c1)N1CCCC1=O. The molecule has 4 fully saturated rings. The van der Waals surface area contributed by atoms with Crippen LogP contribution in [0.3, 0.4) is 0 Å². The Bertz CT molecular complexity index is 1930. The third-order valence-corrected chi connectivity index (χ3v) is 14.8. The Kier molecular flexibility index (Phi) is 11.0. The molecular weight excluding hydrogens is 715 g/mol. The second kappa shape index (κ2) is 15.7. The Morgan fingerprint density at radius 2 is 1.91 bits per heavy atom. The Morgan fingerprint density at radius 1 is 1.08 bits per heavy atom. The molecule has 282 valence electrons. The third-order valence-electron chi connectivity index (χ3n) is 10.9. The summed E-state index contributed by atoms with van der Waals surface area (Å²) in [6, 6.07) is 9.09. The van der Waals surface area contributed by atoms with Crippen molar-refractivity contribution in [3.8, 4) is 0 Å². The van der Waals surface area contributed by atoms with Crippen LogP contribution in [0.1, 0.15) is 91.9 Å². The van der Waals surface area contributed by atoms with Gasteiger partial charge in [-0.15, -0.1) is 11.3 Å². The fraction of sp³-hybridized carbons (Fsp3) is 0.526. The van der Waals surface area contributed by atoms with E-state index in [1.807, 2.05) is 48.4 Å². The van der Waals surface area contributed by atoms with Gasteiger partial charge in [0.25, 0.3) is 5.91 Å². The minimum atomic E-state index is -3.57. The van der Waals surface area contributed by atoms with Crippen LogP contribution in [0.25, 0.3) is 10.1 Å². The van der Waals surface area contributed by atoms with Crippen molar-refractivity contribution in [2.75, 3.05) is 26.2 Å². The second-order valence-corrected chi connectivity index (χ2v) is 18.2. The molecule has 13 nitrogen and oxygen atoms in total. The van der Waals surface area contributed by atoms with Crippen LogP contribution < -0.4 is 10.4 Å². The fourth-order valence-corrected chi connectivity index (χ4v) is 11.7. The Balaban J connectivity index is 1.02. The smallest absolute Gasteiger partial charge is 0.323 e. The molecule has 4 saturated heterocycles. The number of fused-ring (bicyclic) bond motifs is 2. The van der Waals surface area contributed by atoms with Crippen molar-refractivity contribution in [1.82, 2.24) is 29.9 Å². The molecule has 0 bridgehead atoms. The molecule has 4 aliphatic heterocycles. The zero-order valence-electron chi connectivity index (χ0n) is 30.2. The maximum atomic E-state index is 14.5. The molecular formula is C38H47N6O7PS. The number of likely N-dealkylation sites (tertiary alicyclic amines) is 1. The maximum Gasteiger partial charge on any atom is 0.323 e. The minimum absolute atomic E-state index is 0.00641. The number of esters is 1. The molecule has 0 aliphatic carbocycles. The predicted octanol–water partition coefficient (Wildman–Crippen LogP) is 4.81. The van der Waals surface area contributed by atoms with E-state index in [0.717, 1.165) is 34.9 Å². The summed E-state index contributed by atoms with van der Waals surface area (Å²) in [4.78, 5) is 74.9. The van der Waals surface area contributed by atoms with Gasteiger partial charge in [-0.05, 0) is 92.6 Å². The molecule has 4 aliphatic rings. The summed E-state index contributed by atoms with van der Waals surface area (Å²) in [5, 5.41) is 6.72. The number of aromatic nitrogens is 1. The standard InChI is InChI=1S/C38H47N6O7PS/c1-3-17-51-38(49)24(2)41-52(50,43-16-6-10-34(43)45)23-25-11-14-32-27(18-25)19-33(53-32)35(46)40-30-9-4-8-29-12-13-31(44(29)36(30)47)37(48)42-21-28(22-42)26-7-5-15-39-20-26/h5,7,11,14-15,18-20,24,28-31H,3-4,6,8-10,12-13,16-17,21-23H2,1-2H3,(H,40,46)(H,41,50)/t24-,29-,30-,31-,52?/m0/s1. The lowest BCUT2D eigenvalue weighted by Crippen LogP contribution is -2.58. The molecule has 1 aromatic carbocycles. The molecule has 7 rings (SSSR count). The van der Waals surface area contributed by atoms with Crippen molar-refractivity contribution in [1.29, 1.82) is 0 Å². The molecule has 0 radical (unpaired) electrons. The summed E-state index contributed by atoms with van der Waals surface area (Å²) in [5.41, 5.74) is 1.80. The zero-order valence-corrected chi connectivity index (χ0v) is 31.9. The molecule has 15 heteroatoms. The van der Waals surface area contributed by atoms with Gasteiger partial charge in [0.05, 0.1) is 17.6 Å². The van der Waals surface area contributed by atoms with E-state index in [2.05, 4.69) is 15.4 Å². The van der Waals surface area contributed by atoms with Crippen LogP contribution in [0, 0.1) is 0 Å². The lowest BCUT2D eigenvalue weighted by molar-refractivity contribution is -0.148. The van der Waals surface area contributed by atoms with Crippen LogP contribution in [0.4, 0.5) is 0 Å². The predicted molar refractivity (Wildman–Crippen MR) is 200 cm³/mol. The first-order chi connectivity index (χ1) is 25.5. The molecule has 0 spiro atoms. The van der Waals surface area contributed by atoms with Crippen molar-refractivity contribution in [2.45, 2.75) is 101 Å². The van der Waals surface area contributed by atoms with E-state index in [4.69, 9.17) is 4.74 Å². The number of carbonyl (C=O) groups excluding carboxylic acids is 5. The first kappa shape index (κ1) is 37.2. The highest BCUT2D eigenvalue weighted by atomic mass is 32.1. The fourth-order valence-electron chi connectivity index (χ4n) is 8.07. The van der Waals surface area contributed by atoms with Crippen molar-refractivity contribution in [2.24, 2.45) is 0 Å². The topological polar surface area (TPSA) is 158 Å². The number of benzene rings is 1. The first-order valence-electron chi connectivity index (χ1n) is 18.7. The highest BCUT2D eigenvalue weighted by Crippen LogP contribution is 2.52. The zero-order chi connectivity index (χ0) is 37.3. The molecule has 0 saturated carbocycles. The number of nitrogens with one attached hydrogen (secondary N) is 2. The Morgan fingerprint density at radius 3 is 2.64 bits per heavy atom.